The summed E-state index contributed by atoms with van der Waals surface area (Å²) in [5.41, 5.74) is 2.10. The van der Waals surface area contributed by atoms with Crippen LogP contribution in [0, 0.1) is 0 Å². The van der Waals surface area contributed by atoms with Gasteiger partial charge in [0.2, 0.25) is 0 Å². The summed E-state index contributed by atoms with van der Waals surface area (Å²) in [5, 5.41) is 4.23. The number of halogens is 1. The molecule has 1 fully saturated rings. The zero-order chi connectivity index (χ0) is 14.3. The van der Waals surface area contributed by atoms with Gasteiger partial charge >= 0.3 is 0 Å². The molecule has 1 aliphatic heterocycles. The third-order valence-electron chi connectivity index (χ3n) is 3.93. The van der Waals surface area contributed by atoms with Gasteiger partial charge in [0.05, 0.1) is 23.2 Å². The van der Waals surface area contributed by atoms with Gasteiger partial charge in [-0.1, -0.05) is 11.6 Å². The van der Waals surface area contributed by atoms with Gasteiger partial charge in [0.25, 0.3) is 0 Å². The molecule has 1 aromatic carbocycles. The van der Waals surface area contributed by atoms with Crippen molar-refractivity contribution in [1.29, 1.82) is 0 Å². The van der Waals surface area contributed by atoms with Crippen LogP contribution in [0.3, 0.4) is 0 Å². The highest BCUT2D eigenvalue weighted by atomic mass is 35.5. The van der Waals surface area contributed by atoms with Crippen molar-refractivity contribution in [2.45, 2.75) is 38.5 Å². The van der Waals surface area contributed by atoms with Crippen LogP contribution in [0.1, 0.15) is 38.2 Å². The normalized spacial score (nSPS) is 23.1. The van der Waals surface area contributed by atoms with Crippen LogP contribution in [-0.2, 0) is 4.74 Å². The highest BCUT2D eigenvalue weighted by molar-refractivity contribution is 6.31. The monoisotopic (exact) mass is 293 g/mol. The molecule has 5 heteroatoms. The first-order valence-corrected chi connectivity index (χ1v) is 7.41. The van der Waals surface area contributed by atoms with Crippen molar-refractivity contribution in [3.05, 3.63) is 29.0 Å². The fourth-order valence-electron chi connectivity index (χ4n) is 2.96. The molecule has 0 aliphatic carbocycles. The van der Waals surface area contributed by atoms with Crippen molar-refractivity contribution in [3.8, 4) is 0 Å². The number of hydrogen-bond donors (Lipinski definition) is 1. The van der Waals surface area contributed by atoms with E-state index in [2.05, 4.69) is 29.8 Å². The number of methoxy groups -OCH3 is 1. The van der Waals surface area contributed by atoms with E-state index in [-0.39, 0.29) is 12.1 Å². The number of nitrogens with zero attached hydrogens (tertiary/aromatic N) is 2. The Labute approximate surface area is 124 Å². The lowest BCUT2D eigenvalue weighted by Gasteiger charge is -2.17. The number of rotatable bonds is 3. The molecule has 0 amide bonds. The summed E-state index contributed by atoms with van der Waals surface area (Å²) in [6, 6.07) is 6.51. The van der Waals surface area contributed by atoms with Crippen molar-refractivity contribution >= 4 is 22.6 Å². The smallest absolute Gasteiger partial charge is 0.127 e. The highest BCUT2D eigenvalue weighted by Gasteiger charge is 2.29. The number of benzene rings is 1. The summed E-state index contributed by atoms with van der Waals surface area (Å²) < 4.78 is 7.73. The SMILES string of the molecule is COC1CNC(c2nc3cc(Cl)ccc3n2C(C)C)C1. The number of nitrogens with one attached hydrogen (secondary N) is 1. The van der Waals surface area contributed by atoms with Crippen molar-refractivity contribution < 1.29 is 4.74 Å². The molecule has 1 aromatic heterocycles. The Kier molecular flexibility index (Phi) is 3.71. The molecule has 2 aromatic rings. The number of ether oxygens (including phenoxy) is 1. The summed E-state index contributed by atoms with van der Waals surface area (Å²) in [4.78, 5) is 4.81. The Morgan fingerprint density at radius 1 is 1.45 bits per heavy atom. The minimum Gasteiger partial charge on any atom is -0.380 e. The second-order valence-corrected chi connectivity index (χ2v) is 6.06. The largest absolute Gasteiger partial charge is 0.380 e. The predicted molar refractivity (Wildman–Crippen MR) is 81.3 cm³/mol. The average Bonchev–Trinajstić information content (AvgIpc) is 3.01. The molecule has 0 saturated carbocycles. The first-order chi connectivity index (χ1) is 9.60. The van der Waals surface area contributed by atoms with Gasteiger partial charge in [-0.15, -0.1) is 0 Å². The Morgan fingerprint density at radius 3 is 2.90 bits per heavy atom. The highest BCUT2D eigenvalue weighted by Crippen LogP contribution is 2.31. The maximum absolute atomic E-state index is 6.08. The zero-order valence-corrected chi connectivity index (χ0v) is 12.8. The molecule has 2 atom stereocenters. The van der Waals surface area contributed by atoms with E-state index in [0.717, 1.165) is 34.8 Å². The lowest BCUT2D eigenvalue weighted by molar-refractivity contribution is 0.117. The van der Waals surface area contributed by atoms with Gasteiger partial charge in [-0.05, 0) is 38.5 Å². The quantitative estimate of drug-likeness (QED) is 0.943. The van der Waals surface area contributed by atoms with Crippen LogP contribution in [0.5, 0.6) is 0 Å². The van der Waals surface area contributed by atoms with Crippen LogP contribution in [0.2, 0.25) is 5.02 Å². The molecular formula is C15H20ClN3O. The van der Waals surface area contributed by atoms with Crippen molar-refractivity contribution in [2.24, 2.45) is 0 Å². The van der Waals surface area contributed by atoms with Gasteiger partial charge < -0.3 is 14.6 Å². The van der Waals surface area contributed by atoms with Gasteiger partial charge in [-0.2, -0.15) is 0 Å². The number of imidazole rings is 1. The second-order valence-electron chi connectivity index (χ2n) is 5.62. The zero-order valence-electron chi connectivity index (χ0n) is 12.1. The summed E-state index contributed by atoms with van der Waals surface area (Å²) in [6.45, 7) is 5.24. The Bertz CT molecular complexity index is 623. The van der Waals surface area contributed by atoms with Crippen LogP contribution >= 0.6 is 11.6 Å². The first kappa shape index (κ1) is 13.9. The summed E-state index contributed by atoms with van der Waals surface area (Å²) in [7, 11) is 1.76. The van der Waals surface area contributed by atoms with Gasteiger partial charge in [-0.25, -0.2) is 4.98 Å². The molecule has 1 aliphatic rings. The van der Waals surface area contributed by atoms with Crippen molar-refractivity contribution in [2.75, 3.05) is 13.7 Å². The summed E-state index contributed by atoms with van der Waals surface area (Å²) >= 11 is 6.08. The van der Waals surface area contributed by atoms with Gasteiger partial charge in [0, 0.05) is 24.7 Å². The van der Waals surface area contributed by atoms with Crippen molar-refractivity contribution in [3.63, 3.8) is 0 Å². The van der Waals surface area contributed by atoms with Crippen LogP contribution in [0.4, 0.5) is 0 Å². The van der Waals surface area contributed by atoms with Crippen LogP contribution in [0.25, 0.3) is 11.0 Å². The van der Waals surface area contributed by atoms with E-state index in [4.69, 9.17) is 21.3 Å². The molecule has 1 N–H and O–H groups in total. The van der Waals surface area contributed by atoms with E-state index >= 15 is 0 Å². The Morgan fingerprint density at radius 2 is 2.25 bits per heavy atom. The number of aromatic nitrogens is 2. The van der Waals surface area contributed by atoms with E-state index in [9.17, 15) is 0 Å². The lowest BCUT2D eigenvalue weighted by atomic mass is 10.2. The van der Waals surface area contributed by atoms with Gasteiger partial charge in [0.1, 0.15) is 5.82 Å². The number of fused-ring (bicyclic) bond motifs is 1. The molecule has 3 rings (SSSR count). The molecule has 108 valence electrons. The topological polar surface area (TPSA) is 39.1 Å². The summed E-state index contributed by atoms with van der Waals surface area (Å²) in [6.07, 6.45) is 1.23. The van der Waals surface area contributed by atoms with Gasteiger partial charge in [-0.3, -0.25) is 0 Å². The standard InChI is InChI=1S/C15H20ClN3O/c1-9(2)19-14-5-4-10(16)6-12(14)18-15(19)13-7-11(20-3)8-17-13/h4-6,9,11,13,17H,7-8H2,1-3H3. The molecular weight excluding hydrogens is 274 g/mol. The first-order valence-electron chi connectivity index (χ1n) is 7.03. The van der Waals surface area contributed by atoms with Crippen LogP contribution < -0.4 is 5.32 Å². The number of hydrogen-bond acceptors (Lipinski definition) is 3. The molecule has 0 spiro atoms. The van der Waals surface area contributed by atoms with E-state index in [0.29, 0.717) is 6.04 Å². The van der Waals surface area contributed by atoms with E-state index in [1.165, 1.54) is 0 Å². The van der Waals surface area contributed by atoms with Crippen LogP contribution in [0.15, 0.2) is 18.2 Å². The van der Waals surface area contributed by atoms with Gasteiger partial charge in [0.15, 0.2) is 0 Å². The lowest BCUT2D eigenvalue weighted by Crippen LogP contribution is -2.19. The van der Waals surface area contributed by atoms with E-state index in [1.54, 1.807) is 7.11 Å². The molecule has 2 unspecified atom stereocenters. The third kappa shape index (κ3) is 2.32. The van der Waals surface area contributed by atoms with E-state index in [1.807, 2.05) is 12.1 Å². The molecule has 2 heterocycles. The maximum Gasteiger partial charge on any atom is 0.127 e. The molecule has 1 saturated heterocycles. The van der Waals surface area contributed by atoms with Crippen molar-refractivity contribution in [1.82, 2.24) is 14.9 Å². The molecule has 20 heavy (non-hydrogen) atoms. The fraction of sp³-hybridized carbons (Fsp3) is 0.533. The summed E-state index contributed by atoms with van der Waals surface area (Å²) in [5.74, 6) is 1.08. The molecule has 0 radical (unpaired) electrons. The maximum atomic E-state index is 6.08. The minimum absolute atomic E-state index is 0.244. The fourth-order valence-corrected chi connectivity index (χ4v) is 3.12. The Balaban J connectivity index is 2.07. The molecule has 4 nitrogen and oxygen atoms in total. The third-order valence-corrected chi connectivity index (χ3v) is 4.17. The predicted octanol–water partition coefficient (Wildman–Crippen LogP) is 3.32. The average molecular weight is 294 g/mol. The second kappa shape index (κ2) is 5.35. The Hall–Kier alpha value is -1.10. The van der Waals surface area contributed by atoms with Crippen LogP contribution in [-0.4, -0.2) is 29.3 Å². The molecule has 0 bridgehead atoms. The minimum atomic E-state index is 0.244. The van der Waals surface area contributed by atoms with E-state index < -0.39 is 0 Å².